The summed E-state index contributed by atoms with van der Waals surface area (Å²) in [5.74, 6) is 1.47. The van der Waals surface area contributed by atoms with Gasteiger partial charge in [0.1, 0.15) is 0 Å². The van der Waals surface area contributed by atoms with E-state index in [1.54, 1.807) is 19.2 Å². The van der Waals surface area contributed by atoms with Crippen LogP contribution in [0.15, 0.2) is 12.1 Å². The van der Waals surface area contributed by atoms with E-state index in [9.17, 15) is 5.11 Å². The monoisotopic (exact) mass is 297 g/mol. The molecule has 0 aliphatic carbocycles. The molecule has 3 N–H and O–H groups in total. The van der Waals surface area contributed by atoms with Gasteiger partial charge in [-0.25, -0.2) is 0 Å². The van der Waals surface area contributed by atoms with E-state index in [0.717, 1.165) is 0 Å². The number of nitrogens with two attached hydrogens (primary N) is 1. The van der Waals surface area contributed by atoms with Crippen molar-refractivity contribution in [2.45, 2.75) is 12.5 Å². The Kier molecular flexibility index (Phi) is 4.92. The molecule has 1 aromatic rings. The molecule has 0 bridgehead atoms. The molecule has 1 aromatic carbocycles. The number of methoxy groups -OCH3 is 3. The summed E-state index contributed by atoms with van der Waals surface area (Å²) in [4.78, 5) is 0. The first-order chi connectivity index (χ1) is 10.1. The van der Waals surface area contributed by atoms with Gasteiger partial charge in [0.25, 0.3) is 0 Å². The van der Waals surface area contributed by atoms with Gasteiger partial charge in [-0.3, -0.25) is 0 Å². The minimum absolute atomic E-state index is 0.339. The highest BCUT2D eigenvalue weighted by molar-refractivity contribution is 5.56. The predicted molar refractivity (Wildman–Crippen MR) is 78.0 cm³/mol. The lowest BCUT2D eigenvalue weighted by Crippen LogP contribution is -2.37. The maximum absolute atomic E-state index is 10.8. The molecule has 1 fully saturated rings. The lowest BCUT2D eigenvalue weighted by atomic mass is 9.78. The second-order valence-corrected chi connectivity index (χ2v) is 5.20. The molecule has 0 aromatic heterocycles. The average Bonchev–Trinajstić information content (AvgIpc) is 3.02. The van der Waals surface area contributed by atoms with Crippen LogP contribution in [0.4, 0.5) is 0 Å². The van der Waals surface area contributed by atoms with Crippen LogP contribution in [0.1, 0.15) is 18.1 Å². The van der Waals surface area contributed by atoms with E-state index in [2.05, 4.69) is 0 Å². The molecule has 2 rings (SSSR count). The first-order valence-electron chi connectivity index (χ1n) is 6.88. The number of benzene rings is 1. The van der Waals surface area contributed by atoms with Crippen molar-refractivity contribution in [3.63, 3.8) is 0 Å². The summed E-state index contributed by atoms with van der Waals surface area (Å²) in [7, 11) is 4.63. The Morgan fingerprint density at radius 1 is 1.24 bits per heavy atom. The number of ether oxygens (including phenoxy) is 4. The molecule has 6 heteroatoms. The molecule has 21 heavy (non-hydrogen) atoms. The summed E-state index contributed by atoms with van der Waals surface area (Å²) in [6.45, 7) is 1.37. The van der Waals surface area contributed by atoms with Crippen LogP contribution in [0, 0.1) is 5.41 Å². The molecule has 1 heterocycles. The van der Waals surface area contributed by atoms with Gasteiger partial charge in [0.15, 0.2) is 11.5 Å². The second-order valence-electron chi connectivity index (χ2n) is 5.20. The van der Waals surface area contributed by atoms with Gasteiger partial charge in [0, 0.05) is 24.1 Å². The highest BCUT2D eigenvalue weighted by Crippen LogP contribution is 2.48. The van der Waals surface area contributed by atoms with Gasteiger partial charge in [-0.1, -0.05) is 0 Å². The maximum atomic E-state index is 10.8. The van der Waals surface area contributed by atoms with E-state index in [1.807, 2.05) is 0 Å². The van der Waals surface area contributed by atoms with Crippen LogP contribution in [0.3, 0.4) is 0 Å². The third kappa shape index (κ3) is 2.66. The zero-order valence-electron chi connectivity index (χ0n) is 12.7. The fourth-order valence-corrected chi connectivity index (χ4v) is 2.78. The number of aliphatic hydroxyl groups excluding tert-OH is 1. The van der Waals surface area contributed by atoms with E-state index >= 15 is 0 Å². The van der Waals surface area contributed by atoms with Crippen LogP contribution in [0.25, 0.3) is 0 Å². The Balaban J connectivity index is 2.47. The highest BCUT2D eigenvalue weighted by atomic mass is 16.5. The lowest BCUT2D eigenvalue weighted by Gasteiger charge is -2.32. The van der Waals surface area contributed by atoms with E-state index in [0.29, 0.717) is 49.0 Å². The number of aliphatic hydroxyl groups is 1. The van der Waals surface area contributed by atoms with Gasteiger partial charge >= 0.3 is 0 Å². The van der Waals surface area contributed by atoms with Crippen molar-refractivity contribution in [1.82, 2.24) is 0 Å². The van der Waals surface area contributed by atoms with Crippen LogP contribution in [-0.2, 0) is 4.74 Å². The molecule has 118 valence electrons. The topological polar surface area (TPSA) is 83.2 Å². The highest BCUT2D eigenvalue weighted by Gasteiger charge is 2.43. The standard InChI is InChI=1S/C15H23NO5/c1-18-11-5-4-10(12(19-2)13(11)20-3)14(17)15(8-16)6-7-21-9-15/h4-5,14,17H,6-9,16H2,1-3H3. The van der Waals surface area contributed by atoms with Crippen LogP contribution in [0.2, 0.25) is 0 Å². The predicted octanol–water partition coefficient (Wildman–Crippen LogP) is 1.11. The molecule has 0 amide bonds. The molecule has 2 unspecified atom stereocenters. The molecule has 1 aliphatic rings. The second kappa shape index (κ2) is 6.51. The van der Waals surface area contributed by atoms with Gasteiger partial charge in [-0.2, -0.15) is 0 Å². The Morgan fingerprint density at radius 2 is 1.95 bits per heavy atom. The summed E-state index contributed by atoms with van der Waals surface area (Å²) in [6, 6.07) is 3.53. The third-order valence-corrected chi connectivity index (χ3v) is 4.15. The Bertz CT molecular complexity index is 485. The van der Waals surface area contributed by atoms with Gasteiger partial charge in [-0.15, -0.1) is 0 Å². The summed E-state index contributed by atoms with van der Waals surface area (Å²) in [5, 5.41) is 10.8. The fraction of sp³-hybridized carbons (Fsp3) is 0.600. The van der Waals surface area contributed by atoms with Crippen LogP contribution < -0.4 is 19.9 Å². The minimum Gasteiger partial charge on any atom is -0.493 e. The van der Waals surface area contributed by atoms with Crippen LogP contribution in [0.5, 0.6) is 17.2 Å². The van der Waals surface area contributed by atoms with Crippen molar-refractivity contribution in [2.75, 3.05) is 41.1 Å². The third-order valence-electron chi connectivity index (χ3n) is 4.15. The van der Waals surface area contributed by atoms with Crippen molar-refractivity contribution in [2.24, 2.45) is 11.1 Å². The fourth-order valence-electron chi connectivity index (χ4n) is 2.78. The summed E-state index contributed by atoms with van der Waals surface area (Å²) in [6.07, 6.45) is -0.0814. The van der Waals surface area contributed by atoms with Crippen molar-refractivity contribution >= 4 is 0 Å². The zero-order chi connectivity index (χ0) is 15.5. The molecule has 0 saturated carbocycles. The number of rotatable bonds is 6. The Labute approximate surface area is 124 Å². The Morgan fingerprint density at radius 3 is 2.43 bits per heavy atom. The maximum Gasteiger partial charge on any atom is 0.203 e. The van der Waals surface area contributed by atoms with Crippen molar-refractivity contribution in [3.05, 3.63) is 17.7 Å². The largest absolute Gasteiger partial charge is 0.493 e. The summed E-state index contributed by atoms with van der Waals surface area (Å²) < 4.78 is 21.5. The quantitative estimate of drug-likeness (QED) is 0.818. The van der Waals surface area contributed by atoms with Crippen LogP contribution >= 0.6 is 0 Å². The van der Waals surface area contributed by atoms with Gasteiger partial charge in [-0.05, 0) is 18.6 Å². The number of hydrogen-bond donors (Lipinski definition) is 2. The smallest absolute Gasteiger partial charge is 0.203 e. The van der Waals surface area contributed by atoms with Crippen LogP contribution in [-0.4, -0.2) is 46.2 Å². The van der Waals surface area contributed by atoms with Gasteiger partial charge < -0.3 is 29.8 Å². The molecule has 1 saturated heterocycles. The molecule has 2 atom stereocenters. The molecule has 6 nitrogen and oxygen atoms in total. The SMILES string of the molecule is COc1ccc(C(O)C2(CN)CCOC2)c(OC)c1OC. The normalized spacial score (nSPS) is 22.9. The molecule has 1 aliphatic heterocycles. The van der Waals surface area contributed by atoms with E-state index < -0.39 is 11.5 Å². The first-order valence-corrected chi connectivity index (χ1v) is 6.88. The molecular formula is C15H23NO5. The van der Waals surface area contributed by atoms with E-state index in [1.165, 1.54) is 14.2 Å². The molecule has 0 radical (unpaired) electrons. The summed E-state index contributed by atoms with van der Waals surface area (Å²) >= 11 is 0. The number of hydrogen-bond acceptors (Lipinski definition) is 6. The van der Waals surface area contributed by atoms with Gasteiger partial charge in [0.2, 0.25) is 5.75 Å². The minimum atomic E-state index is -0.792. The van der Waals surface area contributed by atoms with Crippen molar-refractivity contribution in [1.29, 1.82) is 0 Å². The lowest BCUT2D eigenvalue weighted by molar-refractivity contribution is 0.0173. The van der Waals surface area contributed by atoms with Gasteiger partial charge in [0.05, 0.1) is 34.0 Å². The first kappa shape index (κ1) is 15.9. The van der Waals surface area contributed by atoms with Crippen molar-refractivity contribution in [3.8, 4) is 17.2 Å². The molecule has 0 spiro atoms. The van der Waals surface area contributed by atoms with E-state index in [-0.39, 0.29) is 0 Å². The Hall–Kier alpha value is -1.50. The summed E-state index contributed by atoms with van der Waals surface area (Å²) in [5.41, 5.74) is 6.03. The van der Waals surface area contributed by atoms with Crippen molar-refractivity contribution < 1.29 is 24.1 Å². The zero-order valence-corrected chi connectivity index (χ0v) is 12.7. The average molecular weight is 297 g/mol. The molecular weight excluding hydrogens is 274 g/mol. The van der Waals surface area contributed by atoms with E-state index in [4.69, 9.17) is 24.7 Å².